The van der Waals surface area contributed by atoms with E-state index in [-0.39, 0.29) is 5.75 Å². The molecule has 0 aliphatic rings. The second kappa shape index (κ2) is 7.14. The molecule has 116 valence electrons. The second-order valence-electron chi connectivity index (χ2n) is 4.56. The summed E-state index contributed by atoms with van der Waals surface area (Å²) in [4.78, 5) is 13.7. The van der Waals surface area contributed by atoms with E-state index in [9.17, 15) is 9.90 Å². The summed E-state index contributed by atoms with van der Waals surface area (Å²) in [6.45, 7) is 0. The van der Waals surface area contributed by atoms with E-state index in [2.05, 4.69) is 26.5 Å². The Morgan fingerprint density at radius 3 is 2.77 bits per heavy atom. The van der Waals surface area contributed by atoms with Gasteiger partial charge in [-0.15, -0.1) is 0 Å². The quantitative estimate of drug-likeness (QED) is 0.402. The zero-order valence-corrected chi connectivity index (χ0v) is 15.5. The number of carbonyl (C=O) groups excluding carboxylic acids is 1. The lowest BCUT2D eigenvalue weighted by atomic mass is 10.2. The van der Waals surface area contributed by atoms with Crippen molar-refractivity contribution >= 4 is 56.5 Å². The first kappa shape index (κ1) is 16.8. The Kier molecular flexibility index (Phi) is 5.46. The third kappa shape index (κ3) is 4.01. The first-order chi connectivity index (χ1) is 10.4. The van der Waals surface area contributed by atoms with E-state index < -0.39 is 5.91 Å². The number of phenols is 1. The highest BCUT2D eigenvalue weighted by Gasteiger charge is 2.10. The number of phenolic OH excluding ortho intramolecular Hbond substituents is 1. The molecule has 0 aliphatic heterocycles. The zero-order chi connectivity index (χ0) is 16.3. The normalized spacial score (nSPS) is 10.9. The summed E-state index contributed by atoms with van der Waals surface area (Å²) in [7, 11) is 3.71. The van der Waals surface area contributed by atoms with E-state index in [1.807, 2.05) is 41.6 Å². The van der Waals surface area contributed by atoms with E-state index >= 15 is 0 Å². The van der Waals surface area contributed by atoms with Gasteiger partial charge in [-0.25, -0.2) is 5.43 Å². The van der Waals surface area contributed by atoms with Gasteiger partial charge in [-0.2, -0.15) is 5.10 Å². The van der Waals surface area contributed by atoms with E-state index in [0.717, 1.165) is 4.47 Å². The molecule has 0 bridgehead atoms. The van der Waals surface area contributed by atoms with Crippen molar-refractivity contribution in [2.45, 2.75) is 0 Å². The van der Waals surface area contributed by atoms with Crippen LogP contribution in [0.25, 0.3) is 0 Å². The Bertz CT molecular complexity index is 728. The maximum atomic E-state index is 11.9. The van der Waals surface area contributed by atoms with Crippen LogP contribution in [-0.2, 0) is 0 Å². The van der Waals surface area contributed by atoms with Crippen LogP contribution in [0.15, 0.2) is 38.3 Å². The number of halogens is 2. The Morgan fingerprint density at radius 2 is 2.18 bits per heavy atom. The van der Waals surface area contributed by atoms with Gasteiger partial charge < -0.3 is 14.4 Å². The molecular weight excluding hydrogens is 465 g/mol. The van der Waals surface area contributed by atoms with Gasteiger partial charge >= 0.3 is 0 Å². The Hall–Kier alpha value is -1.55. The summed E-state index contributed by atoms with van der Waals surface area (Å²) in [5.41, 5.74) is 2.70. The number of furan rings is 1. The Balaban J connectivity index is 2.04. The lowest BCUT2D eigenvalue weighted by molar-refractivity contribution is 0.0954. The summed E-state index contributed by atoms with van der Waals surface area (Å²) in [5.74, 6) is 0.806. The minimum atomic E-state index is -0.415. The molecule has 0 saturated carbocycles. The smallest absolute Gasteiger partial charge is 0.271 e. The number of hydrogen-bond acceptors (Lipinski definition) is 5. The van der Waals surface area contributed by atoms with Crippen molar-refractivity contribution in [2.75, 3.05) is 19.0 Å². The van der Waals surface area contributed by atoms with Gasteiger partial charge in [0.05, 0.1) is 14.3 Å². The Labute approximate surface area is 149 Å². The van der Waals surface area contributed by atoms with Gasteiger partial charge in [0.25, 0.3) is 5.91 Å². The number of anilines is 1. The van der Waals surface area contributed by atoms with Crippen molar-refractivity contribution in [1.82, 2.24) is 5.43 Å². The number of benzene rings is 1. The van der Waals surface area contributed by atoms with Gasteiger partial charge in [-0.05, 0) is 56.7 Å². The van der Waals surface area contributed by atoms with Crippen LogP contribution in [0.2, 0.25) is 0 Å². The van der Waals surface area contributed by atoms with Gasteiger partial charge in [-0.3, -0.25) is 4.79 Å². The zero-order valence-electron chi connectivity index (χ0n) is 11.8. The molecule has 1 amide bonds. The van der Waals surface area contributed by atoms with Crippen LogP contribution in [0.3, 0.4) is 0 Å². The molecule has 0 aliphatic carbocycles. The van der Waals surface area contributed by atoms with Gasteiger partial charge in [0.1, 0.15) is 5.75 Å². The molecule has 0 radical (unpaired) electrons. The molecule has 0 unspecified atom stereocenters. The summed E-state index contributed by atoms with van der Waals surface area (Å²) < 4.78 is 7.01. The lowest BCUT2D eigenvalue weighted by Gasteiger charge is -2.07. The SMILES string of the molecule is CN(C)c1oc(/C=N/NC(=O)c2ccc(I)c(O)c2)cc1Br. The lowest BCUT2D eigenvalue weighted by Crippen LogP contribution is -2.17. The monoisotopic (exact) mass is 477 g/mol. The van der Waals surface area contributed by atoms with Crippen molar-refractivity contribution < 1.29 is 14.3 Å². The summed E-state index contributed by atoms with van der Waals surface area (Å²) in [5, 5.41) is 13.4. The van der Waals surface area contributed by atoms with Crippen LogP contribution in [0.4, 0.5) is 5.88 Å². The molecular formula is C14H13BrIN3O3. The van der Waals surface area contributed by atoms with Gasteiger partial charge in [0, 0.05) is 25.7 Å². The molecule has 0 saturated heterocycles. The van der Waals surface area contributed by atoms with Crippen molar-refractivity contribution in [2.24, 2.45) is 5.10 Å². The number of aromatic hydroxyl groups is 1. The number of amides is 1. The highest BCUT2D eigenvalue weighted by atomic mass is 127. The van der Waals surface area contributed by atoms with E-state index in [1.54, 1.807) is 18.2 Å². The maximum absolute atomic E-state index is 11.9. The van der Waals surface area contributed by atoms with Crippen LogP contribution < -0.4 is 10.3 Å². The molecule has 2 aromatic rings. The molecule has 1 aromatic heterocycles. The predicted molar refractivity (Wildman–Crippen MR) is 96.6 cm³/mol. The molecule has 2 N–H and O–H groups in total. The predicted octanol–water partition coefficient (Wildman–Crippen LogP) is 3.18. The van der Waals surface area contributed by atoms with Crippen molar-refractivity contribution in [1.29, 1.82) is 0 Å². The molecule has 8 heteroatoms. The highest BCUT2D eigenvalue weighted by Crippen LogP contribution is 2.27. The van der Waals surface area contributed by atoms with Crippen molar-refractivity contribution in [3.8, 4) is 5.75 Å². The molecule has 0 spiro atoms. The van der Waals surface area contributed by atoms with E-state index in [1.165, 1.54) is 12.3 Å². The third-order valence-electron chi connectivity index (χ3n) is 2.66. The maximum Gasteiger partial charge on any atom is 0.271 e. The topological polar surface area (TPSA) is 78.1 Å². The van der Waals surface area contributed by atoms with Crippen molar-refractivity contribution in [3.63, 3.8) is 0 Å². The van der Waals surface area contributed by atoms with E-state index in [4.69, 9.17) is 4.42 Å². The fourth-order valence-corrected chi connectivity index (χ4v) is 2.61. The molecule has 0 fully saturated rings. The highest BCUT2D eigenvalue weighted by molar-refractivity contribution is 14.1. The minimum Gasteiger partial charge on any atom is -0.507 e. The standard InChI is InChI=1S/C14H13BrIN3O3/c1-19(2)14-10(15)6-9(22-14)7-17-18-13(21)8-3-4-11(16)12(20)5-8/h3-7,20H,1-2H3,(H,18,21)/b17-7+. The van der Waals surface area contributed by atoms with Crippen LogP contribution in [-0.4, -0.2) is 31.3 Å². The number of carbonyl (C=O) groups is 1. The van der Waals surface area contributed by atoms with Crippen LogP contribution in [0.1, 0.15) is 16.1 Å². The Morgan fingerprint density at radius 1 is 1.45 bits per heavy atom. The summed E-state index contributed by atoms with van der Waals surface area (Å²) >= 11 is 5.36. The number of nitrogens with one attached hydrogen (secondary N) is 1. The largest absolute Gasteiger partial charge is 0.507 e. The molecule has 0 atom stereocenters. The van der Waals surface area contributed by atoms with Crippen LogP contribution >= 0.6 is 38.5 Å². The van der Waals surface area contributed by atoms with Gasteiger partial charge in [0.2, 0.25) is 5.88 Å². The number of nitrogens with zero attached hydrogens (tertiary/aromatic N) is 2. The summed E-state index contributed by atoms with van der Waals surface area (Å²) in [6, 6.07) is 6.41. The molecule has 1 aromatic carbocycles. The fourth-order valence-electron chi connectivity index (χ4n) is 1.62. The number of hydrogen-bond donors (Lipinski definition) is 2. The first-order valence-electron chi connectivity index (χ1n) is 6.17. The molecule has 6 nitrogen and oxygen atoms in total. The molecule has 1 heterocycles. The van der Waals surface area contributed by atoms with Gasteiger partial charge in [-0.1, -0.05) is 0 Å². The van der Waals surface area contributed by atoms with Gasteiger partial charge in [0.15, 0.2) is 5.76 Å². The minimum absolute atomic E-state index is 0.0582. The first-order valence-corrected chi connectivity index (χ1v) is 8.04. The molecule has 2 rings (SSSR count). The van der Waals surface area contributed by atoms with Crippen molar-refractivity contribution in [3.05, 3.63) is 43.6 Å². The average Bonchev–Trinajstić information content (AvgIpc) is 2.83. The van der Waals surface area contributed by atoms with E-state index in [0.29, 0.717) is 20.8 Å². The van der Waals surface area contributed by atoms with Crippen LogP contribution in [0, 0.1) is 3.57 Å². The second-order valence-corrected chi connectivity index (χ2v) is 6.58. The average molecular weight is 478 g/mol. The third-order valence-corrected chi connectivity index (χ3v) is 4.14. The molecule has 22 heavy (non-hydrogen) atoms. The fraction of sp³-hybridized carbons (Fsp3) is 0.143. The number of rotatable bonds is 4. The summed E-state index contributed by atoms with van der Waals surface area (Å²) in [6.07, 6.45) is 1.40. The number of hydrazone groups is 1. The van der Waals surface area contributed by atoms with Crippen LogP contribution in [0.5, 0.6) is 5.75 Å².